The Morgan fingerprint density at radius 3 is 2.83 bits per heavy atom. The van der Waals surface area contributed by atoms with E-state index >= 15 is 0 Å². The topological polar surface area (TPSA) is 35.2 Å². The molecule has 18 heavy (non-hydrogen) atoms. The fourth-order valence-electron chi connectivity index (χ4n) is 2.44. The standard InChI is InChI=1S/C15H21NOS/c16-15(14-6-1-2-9-18-14)11-4-3-5-13(10-11)17-12-7-8-12/h3-5,10,12,14-15H,1-2,6-9,16H2. The number of ether oxygens (including phenoxy) is 1. The van der Waals surface area contributed by atoms with Gasteiger partial charge in [0, 0.05) is 11.3 Å². The minimum absolute atomic E-state index is 0.151. The fourth-order valence-corrected chi connectivity index (χ4v) is 3.81. The zero-order valence-corrected chi connectivity index (χ0v) is 11.5. The predicted octanol–water partition coefficient (Wildman–Crippen LogP) is 3.51. The Morgan fingerprint density at radius 1 is 1.22 bits per heavy atom. The Kier molecular flexibility index (Phi) is 3.80. The number of thioether (sulfide) groups is 1. The predicted molar refractivity (Wildman–Crippen MR) is 77.1 cm³/mol. The number of benzene rings is 1. The molecule has 0 amide bonds. The Hall–Kier alpha value is -0.670. The molecular formula is C15H21NOS. The first kappa shape index (κ1) is 12.4. The Morgan fingerprint density at radius 2 is 2.11 bits per heavy atom. The number of hydrogen-bond acceptors (Lipinski definition) is 3. The lowest BCUT2D eigenvalue weighted by Crippen LogP contribution is -2.26. The van der Waals surface area contributed by atoms with E-state index in [0.717, 1.165) is 5.75 Å². The maximum Gasteiger partial charge on any atom is 0.120 e. The molecule has 0 radical (unpaired) electrons. The monoisotopic (exact) mass is 263 g/mol. The van der Waals surface area contributed by atoms with Gasteiger partial charge in [-0.25, -0.2) is 0 Å². The summed E-state index contributed by atoms with van der Waals surface area (Å²) in [4.78, 5) is 0. The molecule has 2 unspecified atom stereocenters. The molecule has 2 nitrogen and oxygen atoms in total. The van der Waals surface area contributed by atoms with Crippen LogP contribution >= 0.6 is 11.8 Å². The van der Waals surface area contributed by atoms with Crippen LogP contribution in [-0.2, 0) is 0 Å². The van der Waals surface area contributed by atoms with E-state index in [1.807, 2.05) is 17.8 Å². The van der Waals surface area contributed by atoms with E-state index in [-0.39, 0.29) is 6.04 Å². The normalized spacial score (nSPS) is 25.7. The quantitative estimate of drug-likeness (QED) is 0.903. The number of nitrogens with two attached hydrogens (primary N) is 1. The van der Waals surface area contributed by atoms with Crippen LogP contribution in [-0.4, -0.2) is 17.1 Å². The summed E-state index contributed by atoms with van der Waals surface area (Å²) in [7, 11) is 0. The average Bonchev–Trinajstić information content (AvgIpc) is 3.23. The van der Waals surface area contributed by atoms with Gasteiger partial charge in [0.05, 0.1) is 6.10 Å². The molecular weight excluding hydrogens is 242 g/mol. The van der Waals surface area contributed by atoms with E-state index in [1.165, 1.54) is 43.4 Å². The molecule has 2 atom stereocenters. The van der Waals surface area contributed by atoms with E-state index in [1.54, 1.807) is 0 Å². The second-order valence-electron chi connectivity index (χ2n) is 5.32. The summed E-state index contributed by atoms with van der Waals surface area (Å²) in [6.45, 7) is 0. The summed E-state index contributed by atoms with van der Waals surface area (Å²) in [5, 5.41) is 0.579. The molecule has 1 heterocycles. The van der Waals surface area contributed by atoms with Crippen LogP contribution in [0.3, 0.4) is 0 Å². The average molecular weight is 263 g/mol. The van der Waals surface area contributed by atoms with E-state index in [9.17, 15) is 0 Å². The summed E-state index contributed by atoms with van der Waals surface area (Å²) in [5.74, 6) is 2.25. The fraction of sp³-hybridized carbons (Fsp3) is 0.600. The van der Waals surface area contributed by atoms with Gasteiger partial charge in [-0.15, -0.1) is 0 Å². The van der Waals surface area contributed by atoms with Gasteiger partial charge in [-0.1, -0.05) is 18.6 Å². The molecule has 2 aliphatic rings. The summed E-state index contributed by atoms with van der Waals surface area (Å²) in [6.07, 6.45) is 6.78. The van der Waals surface area contributed by atoms with Crippen molar-refractivity contribution in [2.45, 2.75) is 49.5 Å². The van der Waals surface area contributed by atoms with Crippen molar-refractivity contribution < 1.29 is 4.74 Å². The van der Waals surface area contributed by atoms with Crippen LogP contribution in [0.5, 0.6) is 5.75 Å². The van der Waals surface area contributed by atoms with Gasteiger partial charge in [-0.3, -0.25) is 0 Å². The molecule has 1 aromatic rings. The number of rotatable bonds is 4. The highest BCUT2D eigenvalue weighted by molar-refractivity contribution is 8.00. The summed E-state index contributed by atoms with van der Waals surface area (Å²) in [5.41, 5.74) is 7.64. The lowest BCUT2D eigenvalue weighted by atomic mass is 10.00. The lowest BCUT2D eigenvalue weighted by Gasteiger charge is -2.27. The van der Waals surface area contributed by atoms with Gasteiger partial charge in [0.25, 0.3) is 0 Å². The van der Waals surface area contributed by atoms with Crippen molar-refractivity contribution in [1.82, 2.24) is 0 Å². The Balaban J connectivity index is 1.69. The van der Waals surface area contributed by atoms with Crippen LogP contribution < -0.4 is 10.5 Å². The molecule has 2 N–H and O–H groups in total. The maximum absolute atomic E-state index is 6.41. The summed E-state index contributed by atoms with van der Waals surface area (Å²) < 4.78 is 5.84. The highest BCUT2D eigenvalue weighted by Crippen LogP contribution is 2.35. The smallest absolute Gasteiger partial charge is 0.120 e. The molecule has 1 aliphatic carbocycles. The van der Waals surface area contributed by atoms with Crippen molar-refractivity contribution in [1.29, 1.82) is 0 Å². The lowest BCUT2D eigenvalue weighted by molar-refractivity contribution is 0.302. The molecule has 1 aromatic carbocycles. The first-order valence-electron chi connectivity index (χ1n) is 6.97. The zero-order chi connectivity index (χ0) is 12.4. The first-order chi connectivity index (χ1) is 8.83. The molecule has 1 aliphatic heterocycles. The molecule has 3 heteroatoms. The van der Waals surface area contributed by atoms with Crippen molar-refractivity contribution >= 4 is 11.8 Å². The minimum Gasteiger partial charge on any atom is -0.490 e. The van der Waals surface area contributed by atoms with Gasteiger partial charge in [0.1, 0.15) is 5.75 Å². The van der Waals surface area contributed by atoms with E-state index in [2.05, 4.69) is 18.2 Å². The van der Waals surface area contributed by atoms with Crippen LogP contribution in [0, 0.1) is 0 Å². The van der Waals surface area contributed by atoms with Crippen LogP contribution in [0.2, 0.25) is 0 Å². The van der Waals surface area contributed by atoms with Gasteiger partial charge in [0.15, 0.2) is 0 Å². The van der Waals surface area contributed by atoms with Crippen LogP contribution in [0.4, 0.5) is 0 Å². The highest BCUT2D eigenvalue weighted by atomic mass is 32.2. The third kappa shape index (κ3) is 3.01. The van der Waals surface area contributed by atoms with Crippen molar-refractivity contribution in [3.8, 4) is 5.75 Å². The maximum atomic E-state index is 6.41. The molecule has 0 spiro atoms. The van der Waals surface area contributed by atoms with E-state index in [4.69, 9.17) is 10.5 Å². The molecule has 1 saturated heterocycles. The first-order valence-corrected chi connectivity index (χ1v) is 8.01. The molecule has 0 aromatic heterocycles. The van der Waals surface area contributed by atoms with Crippen molar-refractivity contribution in [2.75, 3.05) is 5.75 Å². The largest absolute Gasteiger partial charge is 0.490 e. The zero-order valence-electron chi connectivity index (χ0n) is 10.7. The van der Waals surface area contributed by atoms with Crippen molar-refractivity contribution in [2.24, 2.45) is 5.73 Å². The van der Waals surface area contributed by atoms with Gasteiger partial charge < -0.3 is 10.5 Å². The van der Waals surface area contributed by atoms with Crippen molar-refractivity contribution in [3.63, 3.8) is 0 Å². The molecule has 0 bridgehead atoms. The number of hydrogen-bond donors (Lipinski definition) is 1. The Bertz CT molecular complexity index is 399. The van der Waals surface area contributed by atoms with Gasteiger partial charge in [-0.05, 0) is 49.1 Å². The third-order valence-electron chi connectivity index (χ3n) is 3.69. The van der Waals surface area contributed by atoms with Crippen LogP contribution in [0.25, 0.3) is 0 Å². The van der Waals surface area contributed by atoms with Gasteiger partial charge in [-0.2, -0.15) is 11.8 Å². The SMILES string of the molecule is NC(c1cccc(OC2CC2)c1)C1CCCCS1. The van der Waals surface area contributed by atoms with Crippen LogP contribution in [0.1, 0.15) is 43.7 Å². The Labute approximate surface area is 113 Å². The van der Waals surface area contributed by atoms with E-state index < -0.39 is 0 Å². The summed E-state index contributed by atoms with van der Waals surface area (Å²) in [6, 6.07) is 8.54. The molecule has 1 saturated carbocycles. The minimum atomic E-state index is 0.151. The third-order valence-corrected chi connectivity index (χ3v) is 5.17. The molecule has 3 rings (SSSR count). The highest BCUT2D eigenvalue weighted by Gasteiger charge is 2.25. The van der Waals surface area contributed by atoms with E-state index in [0.29, 0.717) is 11.4 Å². The second kappa shape index (κ2) is 5.54. The summed E-state index contributed by atoms with van der Waals surface area (Å²) >= 11 is 2.03. The molecule has 98 valence electrons. The van der Waals surface area contributed by atoms with Crippen LogP contribution in [0.15, 0.2) is 24.3 Å². The molecule has 2 fully saturated rings. The van der Waals surface area contributed by atoms with Gasteiger partial charge in [0.2, 0.25) is 0 Å². The van der Waals surface area contributed by atoms with Gasteiger partial charge >= 0.3 is 0 Å². The van der Waals surface area contributed by atoms with Crippen molar-refractivity contribution in [3.05, 3.63) is 29.8 Å². The second-order valence-corrected chi connectivity index (χ2v) is 6.67.